The number of thiazole rings is 1. The van der Waals surface area contributed by atoms with Gasteiger partial charge >= 0.3 is 0 Å². The Morgan fingerprint density at radius 3 is 2.44 bits per heavy atom. The standard InChI is InChI=1S/C26H29N5O4S/c1-14-23(25-30-19-6-4-5-7-22(19)36-25)24(29-20-8-15(13-32)9-21(20)33)31-26(27-14)28-16-10-17(34-2)12-18(11-16)35-3/h4-7,10-12,15,20-21,32-33H,8-9,13H2,1-3H3,(H2,27,28,29,31)/t15-,20+,21+/m0/s1. The van der Waals surface area contributed by atoms with E-state index in [9.17, 15) is 10.2 Å². The summed E-state index contributed by atoms with van der Waals surface area (Å²) in [5.41, 5.74) is 3.17. The van der Waals surface area contributed by atoms with Crippen LogP contribution in [0, 0.1) is 12.8 Å². The molecule has 0 aliphatic heterocycles. The number of benzene rings is 2. The lowest BCUT2D eigenvalue weighted by molar-refractivity contribution is 0.157. The lowest BCUT2D eigenvalue weighted by Gasteiger charge is -2.20. The van der Waals surface area contributed by atoms with Gasteiger partial charge in [-0.3, -0.25) is 0 Å². The molecule has 1 aliphatic carbocycles. The van der Waals surface area contributed by atoms with Crippen molar-refractivity contribution in [2.24, 2.45) is 5.92 Å². The van der Waals surface area contributed by atoms with Crippen molar-refractivity contribution in [3.63, 3.8) is 0 Å². The van der Waals surface area contributed by atoms with Crippen LogP contribution in [-0.2, 0) is 0 Å². The maximum atomic E-state index is 10.6. The summed E-state index contributed by atoms with van der Waals surface area (Å²) in [6, 6.07) is 13.2. The second-order valence-electron chi connectivity index (χ2n) is 8.91. The van der Waals surface area contributed by atoms with Crippen molar-refractivity contribution in [1.29, 1.82) is 0 Å². The molecule has 0 unspecified atom stereocenters. The summed E-state index contributed by atoms with van der Waals surface area (Å²) >= 11 is 1.58. The first kappa shape index (κ1) is 24.2. The minimum atomic E-state index is -0.584. The van der Waals surface area contributed by atoms with Crippen molar-refractivity contribution in [2.75, 3.05) is 31.5 Å². The van der Waals surface area contributed by atoms with Crippen LogP contribution in [0.1, 0.15) is 18.5 Å². The summed E-state index contributed by atoms with van der Waals surface area (Å²) in [7, 11) is 3.20. The third kappa shape index (κ3) is 4.92. The van der Waals surface area contributed by atoms with Crippen LogP contribution in [0.15, 0.2) is 42.5 Å². The van der Waals surface area contributed by atoms with E-state index in [1.807, 2.05) is 43.3 Å². The van der Waals surface area contributed by atoms with E-state index in [2.05, 4.69) is 10.6 Å². The van der Waals surface area contributed by atoms with E-state index in [0.717, 1.165) is 26.5 Å². The fourth-order valence-electron chi connectivity index (χ4n) is 4.58. The number of ether oxygens (including phenoxy) is 2. The number of hydrogen-bond donors (Lipinski definition) is 4. The first-order chi connectivity index (χ1) is 17.5. The smallest absolute Gasteiger partial charge is 0.229 e. The Kier molecular flexibility index (Phi) is 6.90. The van der Waals surface area contributed by atoms with Crippen LogP contribution < -0.4 is 20.1 Å². The molecule has 4 N–H and O–H groups in total. The van der Waals surface area contributed by atoms with E-state index in [1.54, 1.807) is 31.6 Å². The number of anilines is 3. The molecular formula is C26H29N5O4S. The summed E-state index contributed by atoms with van der Waals surface area (Å²) in [6.45, 7) is 1.97. The Labute approximate surface area is 213 Å². The molecule has 2 aromatic heterocycles. The highest BCUT2D eigenvalue weighted by Crippen LogP contribution is 2.38. The molecule has 3 atom stereocenters. The molecular weight excluding hydrogens is 478 g/mol. The van der Waals surface area contributed by atoms with Crippen molar-refractivity contribution in [1.82, 2.24) is 15.0 Å². The first-order valence-corrected chi connectivity index (χ1v) is 12.6. The third-order valence-corrected chi connectivity index (χ3v) is 7.47. The highest BCUT2D eigenvalue weighted by atomic mass is 32.1. The number of aliphatic hydroxyl groups excluding tert-OH is 2. The zero-order valence-corrected chi connectivity index (χ0v) is 21.2. The van der Waals surface area contributed by atoms with Gasteiger partial charge in [0.2, 0.25) is 5.95 Å². The molecule has 1 fully saturated rings. The van der Waals surface area contributed by atoms with Gasteiger partial charge in [-0.05, 0) is 37.8 Å². The fraction of sp³-hybridized carbons (Fsp3) is 0.346. The molecule has 0 saturated heterocycles. The van der Waals surface area contributed by atoms with Crippen LogP contribution >= 0.6 is 11.3 Å². The van der Waals surface area contributed by atoms with E-state index in [0.29, 0.717) is 41.8 Å². The molecule has 9 nitrogen and oxygen atoms in total. The van der Waals surface area contributed by atoms with Gasteiger partial charge in [0.05, 0.1) is 47.8 Å². The van der Waals surface area contributed by atoms with Gasteiger partial charge in [0.15, 0.2) is 0 Å². The molecule has 5 rings (SSSR count). The Morgan fingerprint density at radius 1 is 1.03 bits per heavy atom. The summed E-state index contributed by atoms with van der Waals surface area (Å²) < 4.78 is 11.8. The highest BCUT2D eigenvalue weighted by Gasteiger charge is 2.33. The van der Waals surface area contributed by atoms with E-state index < -0.39 is 6.10 Å². The molecule has 0 bridgehead atoms. The monoisotopic (exact) mass is 507 g/mol. The van der Waals surface area contributed by atoms with Crippen LogP contribution in [-0.4, -0.2) is 58.1 Å². The summed E-state index contributed by atoms with van der Waals surface area (Å²) in [6.07, 6.45) is 0.610. The average Bonchev–Trinajstić information content (AvgIpc) is 3.46. The van der Waals surface area contributed by atoms with Gasteiger partial charge in [-0.1, -0.05) is 12.1 Å². The van der Waals surface area contributed by atoms with E-state index in [4.69, 9.17) is 24.4 Å². The zero-order valence-electron chi connectivity index (χ0n) is 20.4. The Balaban J connectivity index is 1.56. The SMILES string of the molecule is COc1cc(Nc2nc(C)c(-c3nc4ccccc4s3)c(N[C@@H]3C[C@H](CO)C[C@H]3O)n2)cc(OC)c1. The number of fused-ring (bicyclic) bond motifs is 1. The minimum absolute atomic E-state index is 0.0489. The molecule has 0 radical (unpaired) electrons. The van der Waals surface area contributed by atoms with Gasteiger partial charge in [0, 0.05) is 30.5 Å². The van der Waals surface area contributed by atoms with Gasteiger partial charge in [0.25, 0.3) is 0 Å². The molecule has 0 spiro atoms. The summed E-state index contributed by atoms with van der Waals surface area (Å²) in [5.74, 6) is 2.31. The maximum Gasteiger partial charge on any atom is 0.229 e. The maximum absolute atomic E-state index is 10.6. The molecule has 2 aromatic carbocycles. The van der Waals surface area contributed by atoms with Crippen molar-refractivity contribution < 1.29 is 19.7 Å². The van der Waals surface area contributed by atoms with Crippen LogP contribution in [0.25, 0.3) is 20.8 Å². The molecule has 1 saturated carbocycles. The van der Waals surface area contributed by atoms with Crippen molar-refractivity contribution in [2.45, 2.75) is 31.9 Å². The number of aryl methyl sites for hydroxylation is 1. The van der Waals surface area contributed by atoms with Crippen molar-refractivity contribution >= 4 is 39.0 Å². The van der Waals surface area contributed by atoms with Crippen molar-refractivity contribution in [3.8, 4) is 22.1 Å². The number of para-hydroxylation sites is 1. The van der Waals surface area contributed by atoms with Crippen LogP contribution in [0.3, 0.4) is 0 Å². The summed E-state index contributed by atoms with van der Waals surface area (Å²) in [5, 5.41) is 27.8. The Hall–Kier alpha value is -3.47. The number of aliphatic hydroxyl groups is 2. The minimum Gasteiger partial charge on any atom is -0.497 e. The molecule has 4 aromatic rings. The molecule has 1 aliphatic rings. The molecule has 10 heteroatoms. The van der Waals surface area contributed by atoms with Crippen LogP contribution in [0.4, 0.5) is 17.5 Å². The summed E-state index contributed by atoms with van der Waals surface area (Å²) in [4.78, 5) is 14.4. The van der Waals surface area contributed by atoms with Gasteiger partial charge in [-0.15, -0.1) is 11.3 Å². The number of aromatic nitrogens is 3. The van der Waals surface area contributed by atoms with Gasteiger partial charge in [0.1, 0.15) is 22.3 Å². The molecule has 2 heterocycles. The van der Waals surface area contributed by atoms with Crippen LogP contribution in [0.5, 0.6) is 11.5 Å². The lowest BCUT2D eigenvalue weighted by atomic mass is 10.1. The predicted molar refractivity (Wildman–Crippen MR) is 141 cm³/mol. The predicted octanol–water partition coefficient (Wildman–Crippen LogP) is 4.37. The zero-order chi connectivity index (χ0) is 25.2. The third-order valence-electron chi connectivity index (χ3n) is 6.41. The highest BCUT2D eigenvalue weighted by molar-refractivity contribution is 7.21. The topological polar surface area (TPSA) is 122 Å². The number of nitrogens with zero attached hydrogens (tertiary/aromatic N) is 3. The number of hydrogen-bond acceptors (Lipinski definition) is 10. The van der Waals surface area contributed by atoms with E-state index in [1.165, 1.54) is 0 Å². The van der Waals surface area contributed by atoms with Crippen molar-refractivity contribution in [3.05, 3.63) is 48.2 Å². The Morgan fingerprint density at radius 2 is 1.78 bits per heavy atom. The molecule has 36 heavy (non-hydrogen) atoms. The second kappa shape index (κ2) is 10.3. The molecule has 188 valence electrons. The second-order valence-corrected chi connectivity index (χ2v) is 9.94. The number of rotatable bonds is 8. The largest absolute Gasteiger partial charge is 0.497 e. The molecule has 0 amide bonds. The quantitative estimate of drug-likeness (QED) is 0.275. The number of methoxy groups -OCH3 is 2. The number of nitrogens with one attached hydrogen (secondary N) is 2. The van der Waals surface area contributed by atoms with Gasteiger partial charge in [-0.25, -0.2) is 9.97 Å². The Bertz CT molecular complexity index is 1320. The van der Waals surface area contributed by atoms with Crippen LogP contribution in [0.2, 0.25) is 0 Å². The van der Waals surface area contributed by atoms with Gasteiger partial charge in [-0.2, -0.15) is 4.98 Å². The normalized spacial score (nSPS) is 19.4. The first-order valence-electron chi connectivity index (χ1n) is 11.8. The lowest BCUT2D eigenvalue weighted by Crippen LogP contribution is -2.29. The fourth-order valence-corrected chi connectivity index (χ4v) is 5.64. The van der Waals surface area contributed by atoms with E-state index >= 15 is 0 Å². The van der Waals surface area contributed by atoms with E-state index in [-0.39, 0.29) is 18.6 Å². The van der Waals surface area contributed by atoms with Gasteiger partial charge < -0.3 is 30.3 Å². The average molecular weight is 508 g/mol.